The van der Waals surface area contributed by atoms with Gasteiger partial charge in [0, 0.05) is 13.1 Å². The average Bonchev–Trinajstić information content (AvgIpc) is 1.65. The van der Waals surface area contributed by atoms with Crippen LogP contribution in [0.2, 0.25) is 0 Å². The third-order valence-electron chi connectivity index (χ3n) is 0.362. The third kappa shape index (κ3) is 1.36. The molecule has 0 aliphatic heterocycles. The van der Waals surface area contributed by atoms with Gasteiger partial charge in [-0.1, -0.05) is 6.42 Å². The van der Waals surface area contributed by atoms with Gasteiger partial charge in [-0.25, -0.2) is 0 Å². The highest BCUT2D eigenvalue weighted by Gasteiger charge is 1.74. The topological polar surface area (TPSA) is 20.3 Å². The number of amides is 1. The minimum Gasteiger partial charge on any atom is -0.278 e. The van der Waals surface area contributed by atoms with Crippen molar-refractivity contribution in [3.63, 3.8) is 0 Å². The monoisotopic (exact) mass is 83.0 g/mol. The summed E-state index contributed by atoms with van der Waals surface area (Å²) in [4.78, 5) is 10.6. The first-order valence-corrected chi connectivity index (χ1v) is 1.45. The molecule has 0 N–H and O–H groups in total. The number of carbonyl (C=O) groups is 1. The Morgan fingerprint density at radius 1 is 2.00 bits per heavy atom. The first kappa shape index (κ1) is 5.03. The highest BCUT2D eigenvalue weighted by Crippen LogP contribution is 1.59. The van der Waals surface area contributed by atoms with Gasteiger partial charge < -0.3 is 0 Å². The van der Waals surface area contributed by atoms with Gasteiger partial charge in [0.1, 0.15) is 0 Å². The zero-order chi connectivity index (χ0) is 4.99. The van der Waals surface area contributed by atoms with E-state index in [1.165, 1.54) is 7.05 Å². The summed E-state index contributed by atoms with van der Waals surface area (Å²) in [5.41, 5.74) is 0. The molecule has 32 valence electrons. The summed E-state index contributed by atoms with van der Waals surface area (Å²) < 4.78 is 0. The molecule has 0 aliphatic carbocycles. The summed E-state index contributed by atoms with van der Waals surface area (Å²) in [6, 6.07) is 2.08. The lowest BCUT2D eigenvalue weighted by atomic mass is 10.9. The van der Waals surface area contributed by atoms with Crippen LogP contribution in [0.15, 0.2) is 0 Å². The van der Waals surface area contributed by atoms with Crippen molar-refractivity contribution < 1.29 is 4.79 Å². The molecular formula is C4H5NO. The molecule has 0 radical (unpaired) electrons. The van der Waals surface area contributed by atoms with Crippen LogP contribution in [0.5, 0.6) is 0 Å². The molecule has 0 unspecified atom stereocenters. The zero-order valence-corrected chi connectivity index (χ0v) is 3.51. The normalized spacial score (nSPS) is 6.00. The van der Waals surface area contributed by atoms with Crippen LogP contribution in [0.4, 0.5) is 0 Å². The smallest absolute Gasteiger partial charge is 0.220 e. The molecule has 2 nitrogen and oxygen atoms in total. The van der Waals surface area contributed by atoms with Gasteiger partial charge in [0.25, 0.3) is 0 Å². The minimum atomic E-state index is 0.569. The van der Waals surface area contributed by atoms with Gasteiger partial charge in [-0.05, 0) is 0 Å². The van der Waals surface area contributed by atoms with Crippen LogP contribution in [0.3, 0.4) is 0 Å². The Kier molecular flexibility index (Phi) is 1.91. The predicted molar refractivity (Wildman–Crippen MR) is 22.7 cm³/mol. The molecule has 2 heteroatoms. The van der Waals surface area contributed by atoms with Gasteiger partial charge in [-0.2, -0.15) is 0 Å². The van der Waals surface area contributed by atoms with Crippen molar-refractivity contribution in [2.45, 2.75) is 0 Å². The maximum atomic E-state index is 9.52. The maximum Gasteiger partial charge on any atom is 0.220 e. The highest BCUT2D eigenvalue weighted by atomic mass is 16.1. The Morgan fingerprint density at radius 3 is 2.50 bits per heavy atom. The molecule has 0 saturated heterocycles. The van der Waals surface area contributed by atoms with Crippen molar-refractivity contribution in [1.29, 1.82) is 0 Å². The number of terminal acetylenes is 1. The fourth-order valence-electron chi connectivity index (χ4n) is 0.0304. The molecule has 0 saturated carbocycles. The first-order valence-electron chi connectivity index (χ1n) is 1.45. The maximum absolute atomic E-state index is 9.52. The van der Waals surface area contributed by atoms with Crippen molar-refractivity contribution in [3.05, 3.63) is 0 Å². The molecule has 0 atom stereocenters. The second kappa shape index (κ2) is 2.28. The van der Waals surface area contributed by atoms with E-state index in [0.29, 0.717) is 6.41 Å². The van der Waals surface area contributed by atoms with Gasteiger partial charge in [0.15, 0.2) is 0 Å². The van der Waals surface area contributed by atoms with Crippen LogP contribution in [0, 0.1) is 12.5 Å². The molecule has 0 aliphatic rings. The summed E-state index contributed by atoms with van der Waals surface area (Å²) in [6.07, 6.45) is 5.30. The highest BCUT2D eigenvalue weighted by molar-refractivity contribution is 5.49. The Bertz CT molecular complexity index is 82.0. The van der Waals surface area contributed by atoms with Crippen molar-refractivity contribution in [2.75, 3.05) is 7.05 Å². The van der Waals surface area contributed by atoms with Gasteiger partial charge in [0.2, 0.25) is 6.41 Å². The fourth-order valence-corrected chi connectivity index (χ4v) is 0.0304. The first-order chi connectivity index (χ1) is 2.81. The largest absolute Gasteiger partial charge is 0.278 e. The molecule has 0 bridgehead atoms. The van der Waals surface area contributed by atoms with Gasteiger partial charge >= 0.3 is 0 Å². The molecular weight excluding hydrogens is 78.0 g/mol. The average molecular weight is 83.1 g/mol. The standard InChI is InChI=1S/C4H5NO/c1-3-5(2)4-6/h1,4H,2H3. The molecule has 0 aromatic carbocycles. The quantitative estimate of drug-likeness (QED) is 0.241. The molecule has 1 amide bonds. The zero-order valence-electron chi connectivity index (χ0n) is 3.51. The second-order valence-corrected chi connectivity index (χ2v) is 0.845. The predicted octanol–water partition coefficient (Wildman–Crippen LogP) is -0.335. The van der Waals surface area contributed by atoms with E-state index in [-0.39, 0.29) is 0 Å². The van der Waals surface area contributed by atoms with Crippen LogP contribution < -0.4 is 0 Å². The molecule has 0 rings (SSSR count). The lowest BCUT2D eigenvalue weighted by Crippen LogP contribution is -2.05. The Morgan fingerprint density at radius 2 is 2.50 bits per heavy atom. The van der Waals surface area contributed by atoms with E-state index in [1.54, 1.807) is 0 Å². The lowest BCUT2D eigenvalue weighted by molar-refractivity contribution is -0.114. The van der Waals surface area contributed by atoms with E-state index in [9.17, 15) is 4.79 Å². The molecule has 0 aromatic rings. The van der Waals surface area contributed by atoms with Gasteiger partial charge in [-0.3, -0.25) is 9.69 Å². The number of rotatable bonds is 1. The molecule has 0 heterocycles. The summed E-state index contributed by atoms with van der Waals surface area (Å²) in [5.74, 6) is 0. The third-order valence-corrected chi connectivity index (χ3v) is 0.362. The van der Waals surface area contributed by atoms with E-state index >= 15 is 0 Å². The van der Waals surface area contributed by atoms with Crippen molar-refractivity contribution >= 4 is 6.41 Å². The van der Waals surface area contributed by atoms with Crippen molar-refractivity contribution in [2.24, 2.45) is 0 Å². The summed E-state index contributed by atoms with van der Waals surface area (Å²) in [6.45, 7) is 0. The Hall–Kier alpha value is -0.970. The van der Waals surface area contributed by atoms with Crippen LogP contribution in [0.1, 0.15) is 0 Å². The van der Waals surface area contributed by atoms with E-state index < -0.39 is 0 Å². The number of hydrogen-bond donors (Lipinski definition) is 0. The number of carbonyl (C=O) groups excluding carboxylic acids is 1. The number of nitrogens with zero attached hydrogens (tertiary/aromatic N) is 1. The summed E-state index contributed by atoms with van der Waals surface area (Å²) in [5, 5.41) is 0. The van der Waals surface area contributed by atoms with Crippen LogP contribution >= 0.6 is 0 Å². The fraction of sp³-hybridized carbons (Fsp3) is 0.250. The Labute approximate surface area is 36.8 Å². The van der Waals surface area contributed by atoms with Crippen LogP contribution in [-0.4, -0.2) is 18.4 Å². The Balaban J connectivity index is 3.30. The van der Waals surface area contributed by atoms with E-state index in [0.717, 1.165) is 4.90 Å². The van der Waals surface area contributed by atoms with E-state index in [4.69, 9.17) is 6.42 Å². The number of hydrogen-bond acceptors (Lipinski definition) is 1. The van der Waals surface area contributed by atoms with Crippen LogP contribution in [0.25, 0.3) is 0 Å². The molecule has 0 aromatic heterocycles. The lowest BCUT2D eigenvalue weighted by Gasteiger charge is -1.91. The van der Waals surface area contributed by atoms with Gasteiger partial charge in [0.05, 0.1) is 0 Å². The van der Waals surface area contributed by atoms with E-state index in [2.05, 4.69) is 6.04 Å². The molecule has 0 spiro atoms. The minimum absolute atomic E-state index is 0.569. The van der Waals surface area contributed by atoms with Gasteiger partial charge in [-0.15, -0.1) is 0 Å². The van der Waals surface area contributed by atoms with E-state index in [1.807, 2.05) is 0 Å². The van der Waals surface area contributed by atoms with Crippen LogP contribution in [-0.2, 0) is 4.79 Å². The van der Waals surface area contributed by atoms with Crippen molar-refractivity contribution in [3.8, 4) is 12.5 Å². The SMILES string of the molecule is C#CN(C)C=O. The summed E-state index contributed by atoms with van der Waals surface area (Å²) in [7, 11) is 1.51. The second-order valence-electron chi connectivity index (χ2n) is 0.845. The molecule has 6 heavy (non-hydrogen) atoms. The summed E-state index contributed by atoms with van der Waals surface area (Å²) >= 11 is 0. The van der Waals surface area contributed by atoms with Crippen molar-refractivity contribution in [1.82, 2.24) is 4.90 Å². The molecule has 0 fully saturated rings.